The zero-order valence-corrected chi connectivity index (χ0v) is 12.9. The SMILES string of the molecule is CCCCOc1ncccc1CN=C(N)NC(C)(C)C. The van der Waals surface area contributed by atoms with Crippen LogP contribution < -0.4 is 15.8 Å². The number of aliphatic imine (C=N–C) groups is 1. The van der Waals surface area contributed by atoms with Crippen molar-refractivity contribution in [2.45, 2.75) is 52.6 Å². The molecule has 0 spiro atoms. The molecule has 1 rings (SSSR count). The van der Waals surface area contributed by atoms with Gasteiger partial charge in [-0.25, -0.2) is 9.98 Å². The second-order valence-electron chi connectivity index (χ2n) is 5.75. The summed E-state index contributed by atoms with van der Waals surface area (Å²) in [5.74, 6) is 1.08. The molecule has 0 radical (unpaired) electrons. The van der Waals surface area contributed by atoms with Crippen molar-refractivity contribution in [3.63, 3.8) is 0 Å². The van der Waals surface area contributed by atoms with Gasteiger partial charge in [0.25, 0.3) is 0 Å². The largest absolute Gasteiger partial charge is 0.477 e. The number of pyridine rings is 1. The molecule has 0 aliphatic heterocycles. The summed E-state index contributed by atoms with van der Waals surface area (Å²) in [7, 11) is 0. The molecule has 5 nitrogen and oxygen atoms in total. The molecule has 1 aromatic heterocycles. The fourth-order valence-corrected chi connectivity index (χ4v) is 1.58. The minimum absolute atomic E-state index is 0.0943. The summed E-state index contributed by atoms with van der Waals surface area (Å²) < 4.78 is 5.67. The van der Waals surface area contributed by atoms with Crippen LogP contribution in [-0.2, 0) is 6.54 Å². The molecule has 0 atom stereocenters. The zero-order valence-electron chi connectivity index (χ0n) is 12.9. The Bertz CT molecular complexity index is 438. The van der Waals surface area contributed by atoms with Gasteiger partial charge in [0.05, 0.1) is 13.2 Å². The lowest BCUT2D eigenvalue weighted by Crippen LogP contribution is -2.44. The van der Waals surface area contributed by atoms with Gasteiger partial charge >= 0.3 is 0 Å². The molecule has 1 aromatic rings. The predicted molar refractivity (Wildman–Crippen MR) is 82.9 cm³/mol. The molecule has 0 aliphatic rings. The second kappa shape index (κ2) is 7.72. The summed E-state index contributed by atoms with van der Waals surface area (Å²) >= 11 is 0. The van der Waals surface area contributed by atoms with E-state index in [1.165, 1.54) is 0 Å². The zero-order chi connectivity index (χ0) is 15.0. The number of nitrogens with two attached hydrogens (primary N) is 1. The lowest BCUT2D eigenvalue weighted by molar-refractivity contribution is 0.294. The highest BCUT2D eigenvalue weighted by Gasteiger charge is 2.10. The highest BCUT2D eigenvalue weighted by Crippen LogP contribution is 2.15. The van der Waals surface area contributed by atoms with Gasteiger partial charge in [0.1, 0.15) is 0 Å². The summed E-state index contributed by atoms with van der Waals surface area (Å²) in [6, 6.07) is 3.84. The normalized spacial score (nSPS) is 12.3. The lowest BCUT2D eigenvalue weighted by Gasteiger charge is -2.21. The molecular formula is C15H26N4O. The fraction of sp³-hybridized carbons (Fsp3) is 0.600. The van der Waals surface area contributed by atoms with E-state index in [0.29, 0.717) is 25.0 Å². The molecule has 0 fully saturated rings. The minimum atomic E-state index is -0.0943. The Labute approximate surface area is 121 Å². The Morgan fingerprint density at radius 2 is 2.20 bits per heavy atom. The number of nitrogens with one attached hydrogen (secondary N) is 1. The van der Waals surface area contributed by atoms with Crippen molar-refractivity contribution in [2.75, 3.05) is 6.61 Å². The van der Waals surface area contributed by atoms with Gasteiger partial charge in [-0.2, -0.15) is 0 Å². The minimum Gasteiger partial charge on any atom is -0.477 e. The van der Waals surface area contributed by atoms with Crippen molar-refractivity contribution in [3.05, 3.63) is 23.9 Å². The van der Waals surface area contributed by atoms with Crippen LogP contribution in [0, 0.1) is 0 Å². The van der Waals surface area contributed by atoms with Crippen molar-refractivity contribution >= 4 is 5.96 Å². The Kier molecular flexibility index (Phi) is 6.28. The summed E-state index contributed by atoms with van der Waals surface area (Å²) in [4.78, 5) is 8.58. The third-order valence-electron chi connectivity index (χ3n) is 2.51. The van der Waals surface area contributed by atoms with Crippen LogP contribution in [0.15, 0.2) is 23.3 Å². The summed E-state index contributed by atoms with van der Waals surface area (Å²) in [5, 5.41) is 3.13. The number of guanidine groups is 1. The maximum atomic E-state index is 5.86. The van der Waals surface area contributed by atoms with Crippen LogP contribution in [0.4, 0.5) is 0 Å². The van der Waals surface area contributed by atoms with E-state index in [1.54, 1.807) is 6.20 Å². The van der Waals surface area contributed by atoms with Crippen molar-refractivity contribution in [1.82, 2.24) is 10.3 Å². The summed E-state index contributed by atoms with van der Waals surface area (Å²) in [5.41, 5.74) is 6.71. The first-order valence-electron chi connectivity index (χ1n) is 7.07. The maximum Gasteiger partial charge on any atom is 0.218 e. The van der Waals surface area contributed by atoms with E-state index in [9.17, 15) is 0 Å². The average Bonchev–Trinajstić information content (AvgIpc) is 2.36. The molecule has 112 valence electrons. The molecule has 0 saturated heterocycles. The van der Waals surface area contributed by atoms with Crippen LogP contribution in [0.3, 0.4) is 0 Å². The number of unbranched alkanes of at least 4 members (excludes halogenated alkanes) is 1. The summed E-state index contributed by atoms with van der Waals surface area (Å²) in [6.45, 7) is 9.40. The third-order valence-corrected chi connectivity index (χ3v) is 2.51. The number of hydrogen-bond acceptors (Lipinski definition) is 3. The smallest absolute Gasteiger partial charge is 0.218 e. The van der Waals surface area contributed by atoms with Gasteiger partial charge in [-0.15, -0.1) is 0 Å². The Morgan fingerprint density at radius 3 is 2.85 bits per heavy atom. The second-order valence-corrected chi connectivity index (χ2v) is 5.75. The molecule has 20 heavy (non-hydrogen) atoms. The van der Waals surface area contributed by atoms with E-state index < -0.39 is 0 Å². The molecule has 0 bridgehead atoms. The number of rotatable bonds is 6. The first-order valence-corrected chi connectivity index (χ1v) is 7.07. The van der Waals surface area contributed by atoms with Crippen LogP contribution in [-0.4, -0.2) is 23.1 Å². The lowest BCUT2D eigenvalue weighted by atomic mass is 10.1. The molecule has 0 saturated carbocycles. The number of hydrogen-bond donors (Lipinski definition) is 2. The summed E-state index contributed by atoms with van der Waals surface area (Å²) in [6.07, 6.45) is 3.85. The molecule has 3 N–H and O–H groups in total. The van der Waals surface area contributed by atoms with Crippen molar-refractivity contribution in [1.29, 1.82) is 0 Å². The molecule has 0 amide bonds. The topological polar surface area (TPSA) is 72.5 Å². The van der Waals surface area contributed by atoms with Crippen molar-refractivity contribution in [2.24, 2.45) is 10.7 Å². The van der Waals surface area contributed by atoms with Crippen LogP contribution in [0.2, 0.25) is 0 Å². The highest BCUT2D eigenvalue weighted by atomic mass is 16.5. The quantitative estimate of drug-likeness (QED) is 0.476. The van der Waals surface area contributed by atoms with E-state index in [2.05, 4.69) is 22.2 Å². The Balaban J connectivity index is 2.65. The number of nitrogens with zero attached hydrogens (tertiary/aromatic N) is 2. The molecule has 0 aromatic carbocycles. The van der Waals surface area contributed by atoms with Crippen molar-refractivity contribution in [3.8, 4) is 5.88 Å². The van der Waals surface area contributed by atoms with Gasteiger partial charge in [0.2, 0.25) is 5.88 Å². The van der Waals surface area contributed by atoms with Gasteiger partial charge < -0.3 is 15.8 Å². The number of ether oxygens (including phenoxy) is 1. The predicted octanol–water partition coefficient (Wildman–Crippen LogP) is 2.46. The Morgan fingerprint density at radius 1 is 1.45 bits per heavy atom. The third kappa shape index (κ3) is 6.41. The van der Waals surface area contributed by atoms with E-state index in [-0.39, 0.29) is 5.54 Å². The van der Waals surface area contributed by atoms with Gasteiger partial charge in [-0.1, -0.05) is 19.4 Å². The van der Waals surface area contributed by atoms with Crippen LogP contribution in [0.1, 0.15) is 46.1 Å². The van der Waals surface area contributed by atoms with Crippen LogP contribution in [0.25, 0.3) is 0 Å². The average molecular weight is 278 g/mol. The van der Waals surface area contributed by atoms with Crippen LogP contribution in [0.5, 0.6) is 5.88 Å². The van der Waals surface area contributed by atoms with Gasteiger partial charge in [-0.05, 0) is 33.3 Å². The van der Waals surface area contributed by atoms with E-state index in [4.69, 9.17) is 10.5 Å². The van der Waals surface area contributed by atoms with Gasteiger partial charge in [0, 0.05) is 17.3 Å². The Hall–Kier alpha value is -1.78. The molecule has 0 aliphatic carbocycles. The van der Waals surface area contributed by atoms with E-state index >= 15 is 0 Å². The molecule has 1 heterocycles. The van der Waals surface area contributed by atoms with Gasteiger partial charge in [0.15, 0.2) is 5.96 Å². The molecule has 5 heteroatoms. The van der Waals surface area contributed by atoms with Crippen molar-refractivity contribution < 1.29 is 4.74 Å². The van der Waals surface area contributed by atoms with Gasteiger partial charge in [-0.3, -0.25) is 0 Å². The van der Waals surface area contributed by atoms with Crippen LogP contribution >= 0.6 is 0 Å². The maximum absolute atomic E-state index is 5.86. The fourth-order valence-electron chi connectivity index (χ4n) is 1.58. The molecule has 0 unspecified atom stereocenters. The monoisotopic (exact) mass is 278 g/mol. The van der Waals surface area contributed by atoms with E-state index in [0.717, 1.165) is 18.4 Å². The molecular weight excluding hydrogens is 252 g/mol. The first kappa shape index (κ1) is 16.3. The first-order chi connectivity index (χ1) is 9.42. The standard InChI is InChI=1S/C15H26N4O/c1-5-6-10-20-13-12(8-7-9-17-13)11-18-14(16)19-15(2,3)4/h7-9H,5-6,10-11H2,1-4H3,(H3,16,18,19). The number of aromatic nitrogens is 1. The van der Waals surface area contributed by atoms with E-state index in [1.807, 2.05) is 32.9 Å². The highest BCUT2D eigenvalue weighted by molar-refractivity contribution is 5.78.